The first kappa shape index (κ1) is 27.1. The van der Waals surface area contributed by atoms with E-state index in [1.807, 2.05) is 36.5 Å². The molecule has 0 saturated carbocycles. The topological polar surface area (TPSA) is 78.5 Å². The number of pyridine rings is 1. The van der Waals surface area contributed by atoms with Crippen LogP contribution >= 0.6 is 0 Å². The fourth-order valence-corrected chi connectivity index (χ4v) is 4.25. The first-order valence-electron chi connectivity index (χ1n) is 11.9. The van der Waals surface area contributed by atoms with Crippen molar-refractivity contribution in [3.05, 3.63) is 115 Å². The summed E-state index contributed by atoms with van der Waals surface area (Å²) in [6.45, 7) is 0. The van der Waals surface area contributed by atoms with Crippen molar-refractivity contribution in [2.45, 2.75) is 6.18 Å². The zero-order valence-electron chi connectivity index (χ0n) is 20.5. The Morgan fingerprint density at radius 2 is 1.40 bits per heavy atom. The van der Waals surface area contributed by atoms with Gasteiger partial charge in [-0.2, -0.15) is 13.2 Å². The Morgan fingerprint density at radius 1 is 0.675 bits per heavy atom. The maximum absolute atomic E-state index is 12.1. The Morgan fingerprint density at radius 3 is 2.12 bits per heavy atom. The number of hydrogen-bond donors (Lipinski definition) is 0. The second-order valence-electron chi connectivity index (χ2n) is 8.49. The predicted octanol–water partition coefficient (Wildman–Crippen LogP) is 6.92. The minimum atomic E-state index is -4.57. The van der Waals surface area contributed by atoms with Crippen LogP contribution in [0.5, 0.6) is 0 Å². The number of aromatic nitrogens is 6. The summed E-state index contributed by atoms with van der Waals surface area (Å²) in [6.07, 6.45) is -1.27. The predicted molar refractivity (Wildman–Crippen MR) is 142 cm³/mol. The van der Waals surface area contributed by atoms with Crippen molar-refractivity contribution >= 4 is 32.6 Å². The Balaban J connectivity index is 0.000000175. The molecule has 4 aromatic carbocycles. The van der Waals surface area contributed by atoms with E-state index >= 15 is 0 Å². The molecule has 6 nitrogen and oxygen atoms in total. The van der Waals surface area contributed by atoms with E-state index in [2.05, 4.69) is 68.7 Å². The summed E-state index contributed by atoms with van der Waals surface area (Å²) < 4.78 is 36.4. The molecule has 0 saturated heterocycles. The van der Waals surface area contributed by atoms with Crippen LogP contribution in [-0.2, 0) is 26.3 Å². The minimum Gasteiger partial charge on any atom is -0.413 e. The van der Waals surface area contributed by atoms with E-state index in [0.717, 1.165) is 33.1 Å². The summed E-state index contributed by atoms with van der Waals surface area (Å²) >= 11 is 0. The van der Waals surface area contributed by atoms with Crippen LogP contribution in [-0.4, -0.2) is 25.0 Å². The molecule has 40 heavy (non-hydrogen) atoms. The van der Waals surface area contributed by atoms with Crippen LogP contribution in [0.25, 0.3) is 55.4 Å². The Labute approximate surface area is 239 Å². The fraction of sp³-hybridized carbons (Fsp3) is 0.0333. The summed E-state index contributed by atoms with van der Waals surface area (Å²) in [5.41, 5.74) is 4.07. The third-order valence-electron chi connectivity index (χ3n) is 6.01. The molecule has 0 aliphatic carbocycles. The molecule has 0 bridgehead atoms. The molecule has 1 radical (unpaired) electrons. The van der Waals surface area contributed by atoms with E-state index in [0.29, 0.717) is 0 Å². The fourth-order valence-electron chi connectivity index (χ4n) is 4.25. The van der Waals surface area contributed by atoms with Gasteiger partial charge in [0.2, 0.25) is 0 Å². The van der Waals surface area contributed by atoms with Gasteiger partial charge in [0.05, 0.1) is 16.9 Å². The average molecular weight is 711 g/mol. The van der Waals surface area contributed by atoms with Crippen molar-refractivity contribution in [1.29, 1.82) is 0 Å². The standard InChI is InChI=1S/C22H13N2.C8H4F3N4.Ir/c1-2-8-15(9-3-1)20-14-23-21-18-12-6-4-10-16(18)17-11-5-7-13-19(17)22(21)24-20;9-8(10,11)7-13-6(14-15-7)5-3-1-2-4-12-5;/h1-11,13-14H;1-4H;/q2*-1;. The van der Waals surface area contributed by atoms with E-state index in [-0.39, 0.29) is 31.6 Å². The Kier molecular flexibility index (Phi) is 7.64. The molecule has 0 fully saturated rings. The van der Waals surface area contributed by atoms with Crippen LogP contribution < -0.4 is 5.10 Å². The smallest absolute Gasteiger partial charge is 0.413 e. The first-order valence-corrected chi connectivity index (χ1v) is 11.9. The molecule has 199 valence electrons. The third kappa shape index (κ3) is 5.32. The largest absolute Gasteiger partial charge is 0.429 e. The van der Waals surface area contributed by atoms with E-state index in [1.54, 1.807) is 12.1 Å². The molecular weight excluding hydrogens is 694 g/mol. The first-order chi connectivity index (χ1) is 19.0. The zero-order chi connectivity index (χ0) is 26.8. The van der Waals surface area contributed by atoms with Crippen molar-refractivity contribution in [2.24, 2.45) is 0 Å². The zero-order valence-corrected chi connectivity index (χ0v) is 22.9. The maximum atomic E-state index is 12.1. The molecule has 0 unspecified atom stereocenters. The quantitative estimate of drug-likeness (QED) is 0.143. The van der Waals surface area contributed by atoms with Gasteiger partial charge >= 0.3 is 6.18 Å². The molecule has 0 N–H and O–H groups in total. The van der Waals surface area contributed by atoms with Gasteiger partial charge in [0.25, 0.3) is 0 Å². The van der Waals surface area contributed by atoms with Crippen LogP contribution in [0.4, 0.5) is 13.2 Å². The third-order valence-corrected chi connectivity index (χ3v) is 6.01. The minimum absolute atomic E-state index is 0. The second kappa shape index (κ2) is 11.3. The number of rotatable bonds is 2. The summed E-state index contributed by atoms with van der Waals surface area (Å²) in [5.74, 6) is -1.37. The molecule has 7 rings (SSSR count). The van der Waals surface area contributed by atoms with Crippen molar-refractivity contribution in [3.8, 4) is 22.8 Å². The summed E-state index contributed by atoms with van der Waals surface area (Å²) in [6, 6.07) is 32.8. The van der Waals surface area contributed by atoms with Crippen molar-refractivity contribution in [3.63, 3.8) is 0 Å². The molecule has 3 aromatic heterocycles. The molecule has 0 aliphatic heterocycles. The number of nitrogens with zero attached hydrogens (tertiary/aromatic N) is 6. The normalized spacial score (nSPS) is 11.2. The van der Waals surface area contributed by atoms with Crippen molar-refractivity contribution in [2.75, 3.05) is 0 Å². The van der Waals surface area contributed by atoms with Gasteiger partial charge in [-0.1, -0.05) is 71.4 Å². The molecule has 10 heteroatoms. The van der Waals surface area contributed by atoms with Gasteiger partial charge in [-0.3, -0.25) is 15.1 Å². The van der Waals surface area contributed by atoms with Gasteiger partial charge in [-0.25, -0.2) is 0 Å². The number of halogens is 3. The number of hydrogen-bond acceptors (Lipinski definition) is 5. The Bertz CT molecular complexity index is 1870. The number of alkyl halides is 3. The van der Waals surface area contributed by atoms with Crippen LogP contribution in [0.1, 0.15) is 5.82 Å². The summed E-state index contributed by atoms with van der Waals surface area (Å²) in [7, 11) is 0. The molecular formula is C30H17F3IrN6-2. The van der Waals surface area contributed by atoms with Crippen LogP contribution in [0, 0.1) is 6.07 Å². The van der Waals surface area contributed by atoms with Crippen molar-refractivity contribution in [1.82, 2.24) is 30.1 Å². The van der Waals surface area contributed by atoms with Gasteiger partial charge in [-0.15, -0.1) is 29.7 Å². The Hall–Kier alpha value is -4.53. The molecule has 0 atom stereocenters. The van der Waals surface area contributed by atoms with Gasteiger partial charge in [0.15, 0.2) is 0 Å². The number of benzene rings is 4. The molecule has 3 heterocycles. The van der Waals surface area contributed by atoms with Crippen LogP contribution in [0.2, 0.25) is 0 Å². The van der Waals surface area contributed by atoms with Gasteiger partial charge in [0, 0.05) is 43.6 Å². The monoisotopic (exact) mass is 711 g/mol. The molecule has 0 amide bonds. The van der Waals surface area contributed by atoms with Gasteiger partial charge < -0.3 is 15.1 Å². The SMILES string of the molecule is FC(F)(F)c1n[n-]c(-c2ccccn2)n1.[Ir].[c-]1cccc2c1c1ncc(-c3ccccc3)nc1c1ccccc21. The molecule has 0 aliphatic rings. The van der Waals surface area contributed by atoms with Crippen molar-refractivity contribution < 1.29 is 33.3 Å². The molecule has 7 aromatic rings. The van der Waals surface area contributed by atoms with E-state index in [1.165, 1.54) is 23.0 Å². The second-order valence-corrected chi connectivity index (χ2v) is 8.49. The van der Waals surface area contributed by atoms with Crippen LogP contribution in [0.15, 0.2) is 103 Å². The summed E-state index contributed by atoms with van der Waals surface area (Å²) in [5, 5.41) is 10.8. The van der Waals surface area contributed by atoms with E-state index in [9.17, 15) is 13.2 Å². The van der Waals surface area contributed by atoms with Gasteiger partial charge in [-0.05, 0) is 23.3 Å². The molecule has 0 spiro atoms. The van der Waals surface area contributed by atoms with E-state index in [4.69, 9.17) is 9.97 Å². The summed E-state index contributed by atoms with van der Waals surface area (Å²) in [4.78, 5) is 16.7. The van der Waals surface area contributed by atoms with Crippen LogP contribution in [0.3, 0.4) is 0 Å². The maximum Gasteiger partial charge on any atom is 0.429 e. The van der Waals surface area contributed by atoms with Gasteiger partial charge in [0.1, 0.15) is 5.82 Å². The number of fused-ring (bicyclic) bond motifs is 6. The average Bonchev–Trinajstić information content (AvgIpc) is 3.50. The van der Waals surface area contributed by atoms with E-state index < -0.39 is 12.0 Å².